The first-order valence-electron chi connectivity index (χ1n) is 10.5. The molecule has 1 aromatic heterocycles. The van der Waals surface area contributed by atoms with Crippen LogP contribution in [0.2, 0.25) is 10.0 Å². The van der Waals surface area contributed by atoms with Crippen molar-refractivity contribution in [2.24, 2.45) is 5.10 Å². The minimum atomic E-state index is -4.78. The second-order valence-corrected chi connectivity index (χ2v) is 8.21. The molecular weight excluding hydrogens is 535 g/mol. The molecule has 4 aromatic rings. The Bertz CT molecular complexity index is 1380. The standard InChI is InChI=1S/C24H16Cl2F4N6O/c25-16-8-4-14(5-9-16)12-31-22-33-21(20-18(26)2-1-3-19(20)27)34-23(35-22)36-32-13-15-6-10-17(11-7-15)37-24(28,29)30/h1-11,13H,12H2,(H2,31,33,34,35,36). The summed E-state index contributed by atoms with van der Waals surface area (Å²) >= 11 is 12.1. The van der Waals surface area contributed by atoms with Crippen LogP contribution in [-0.2, 0) is 6.54 Å². The summed E-state index contributed by atoms with van der Waals surface area (Å²) in [7, 11) is 0. The van der Waals surface area contributed by atoms with Crippen LogP contribution >= 0.6 is 23.2 Å². The number of halogens is 6. The maximum atomic E-state index is 14.5. The molecule has 0 radical (unpaired) electrons. The summed E-state index contributed by atoms with van der Waals surface area (Å²) in [6.45, 7) is 0.334. The van der Waals surface area contributed by atoms with Gasteiger partial charge >= 0.3 is 6.36 Å². The molecule has 37 heavy (non-hydrogen) atoms. The second kappa shape index (κ2) is 11.4. The van der Waals surface area contributed by atoms with Crippen LogP contribution in [0.25, 0.3) is 11.4 Å². The predicted octanol–water partition coefficient (Wildman–Crippen LogP) is 6.94. The van der Waals surface area contributed by atoms with Crippen molar-refractivity contribution in [2.75, 3.05) is 10.7 Å². The minimum absolute atomic E-state index is 0.0200. The molecule has 13 heteroatoms. The lowest BCUT2D eigenvalue weighted by Crippen LogP contribution is -2.17. The molecule has 0 aliphatic rings. The predicted molar refractivity (Wildman–Crippen MR) is 133 cm³/mol. The average Bonchev–Trinajstić information content (AvgIpc) is 2.84. The number of anilines is 2. The SMILES string of the molecule is Fc1cccc(Cl)c1-c1nc(NCc2ccc(Cl)cc2)nc(NN=Cc2ccc(OC(F)(F)F)cc2)n1. The van der Waals surface area contributed by atoms with Crippen molar-refractivity contribution < 1.29 is 22.3 Å². The number of ether oxygens (including phenoxy) is 1. The van der Waals surface area contributed by atoms with Gasteiger partial charge in [0, 0.05) is 11.6 Å². The monoisotopic (exact) mass is 550 g/mol. The van der Waals surface area contributed by atoms with E-state index in [4.69, 9.17) is 23.2 Å². The summed E-state index contributed by atoms with van der Waals surface area (Å²) in [6, 6.07) is 16.3. The Morgan fingerprint density at radius 3 is 2.27 bits per heavy atom. The molecule has 2 N–H and O–H groups in total. The van der Waals surface area contributed by atoms with Gasteiger partial charge < -0.3 is 10.1 Å². The lowest BCUT2D eigenvalue weighted by atomic mass is 10.2. The van der Waals surface area contributed by atoms with Gasteiger partial charge in [-0.1, -0.05) is 41.4 Å². The van der Waals surface area contributed by atoms with E-state index in [1.807, 2.05) is 12.1 Å². The van der Waals surface area contributed by atoms with Crippen molar-refractivity contribution >= 4 is 41.3 Å². The lowest BCUT2D eigenvalue weighted by molar-refractivity contribution is -0.274. The van der Waals surface area contributed by atoms with Crippen LogP contribution < -0.4 is 15.5 Å². The molecular formula is C24H16Cl2F4N6O. The van der Waals surface area contributed by atoms with E-state index in [9.17, 15) is 17.6 Å². The first kappa shape index (κ1) is 26.1. The van der Waals surface area contributed by atoms with Crippen LogP contribution in [0, 0.1) is 5.82 Å². The van der Waals surface area contributed by atoms with Crippen LogP contribution in [0.15, 0.2) is 71.8 Å². The van der Waals surface area contributed by atoms with E-state index in [2.05, 4.69) is 35.5 Å². The summed E-state index contributed by atoms with van der Waals surface area (Å²) in [6.07, 6.45) is -3.45. The van der Waals surface area contributed by atoms with Gasteiger partial charge in [-0.15, -0.1) is 13.2 Å². The van der Waals surface area contributed by atoms with Gasteiger partial charge in [0.2, 0.25) is 11.9 Å². The van der Waals surface area contributed by atoms with E-state index >= 15 is 0 Å². The number of hydrogen-bond donors (Lipinski definition) is 2. The largest absolute Gasteiger partial charge is 0.573 e. The molecule has 0 saturated heterocycles. The summed E-state index contributed by atoms with van der Waals surface area (Å²) < 4.78 is 55.3. The lowest BCUT2D eigenvalue weighted by Gasteiger charge is -2.10. The molecule has 190 valence electrons. The number of alkyl halides is 3. The number of nitrogens with zero attached hydrogens (tertiary/aromatic N) is 4. The van der Waals surface area contributed by atoms with Crippen LogP contribution in [0.1, 0.15) is 11.1 Å². The zero-order valence-corrected chi connectivity index (χ0v) is 20.1. The van der Waals surface area contributed by atoms with E-state index in [1.54, 1.807) is 12.1 Å². The summed E-state index contributed by atoms with van der Waals surface area (Å²) in [4.78, 5) is 12.7. The molecule has 0 amide bonds. The Hall–Kier alpha value is -3.96. The minimum Gasteiger partial charge on any atom is -0.406 e. The van der Waals surface area contributed by atoms with Crippen molar-refractivity contribution in [1.82, 2.24) is 15.0 Å². The fourth-order valence-corrected chi connectivity index (χ4v) is 3.41. The van der Waals surface area contributed by atoms with Crippen molar-refractivity contribution in [1.29, 1.82) is 0 Å². The van der Waals surface area contributed by atoms with Gasteiger partial charge in [-0.05, 0) is 59.7 Å². The third kappa shape index (κ3) is 7.51. The molecule has 0 fully saturated rings. The highest BCUT2D eigenvalue weighted by atomic mass is 35.5. The number of hydrogen-bond acceptors (Lipinski definition) is 7. The normalized spacial score (nSPS) is 11.5. The Morgan fingerprint density at radius 2 is 1.59 bits per heavy atom. The quantitative estimate of drug-likeness (QED) is 0.140. The summed E-state index contributed by atoms with van der Waals surface area (Å²) in [5, 5.41) is 7.73. The maximum Gasteiger partial charge on any atom is 0.573 e. The van der Waals surface area contributed by atoms with Gasteiger partial charge in [-0.25, -0.2) is 9.82 Å². The first-order valence-corrected chi connectivity index (χ1v) is 11.3. The fraction of sp³-hybridized carbons (Fsp3) is 0.0833. The third-order valence-electron chi connectivity index (χ3n) is 4.68. The van der Waals surface area contributed by atoms with Crippen molar-refractivity contribution in [3.63, 3.8) is 0 Å². The van der Waals surface area contributed by atoms with Crippen molar-refractivity contribution in [3.05, 3.63) is 93.7 Å². The Kier molecular flexibility index (Phi) is 8.04. The highest BCUT2D eigenvalue weighted by molar-refractivity contribution is 6.33. The first-order chi connectivity index (χ1) is 17.7. The van der Waals surface area contributed by atoms with Crippen LogP contribution in [0.3, 0.4) is 0 Å². The van der Waals surface area contributed by atoms with E-state index in [0.29, 0.717) is 17.1 Å². The van der Waals surface area contributed by atoms with Crippen LogP contribution in [-0.4, -0.2) is 27.5 Å². The molecule has 0 spiro atoms. The van der Waals surface area contributed by atoms with Crippen LogP contribution in [0.5, 0.6) is 5.75 Å². The molecule has 0 unspecified atom stereocenters. The zero-order valence-electron chi connectivity index (χ0n) is 18.6. The molecule has 0 aliphatic carbocycles. The van der Waals surface area contributed by atoms with E-state index in [-0.39, 0.29) is 34.1 Å². The molecule has 0 aliphatic heterocycles. The summed E-state index contributed by atoms with van der Waals surface area (Å²) in [5.74, 6) is -0.944. The second-order valence-electron chi connectivity index (χ2n) is 7.37. The van der Waals surface area contributed by atoms with E-state index < -0.39 is 12.2 Å². The van der Waals surface area contributed by atoms with Gasteiger partial charge in [0.15, 0.2) is 5.82 Å². The third-order valence-corrected chi connectivity index (χ3v) is 5.24. The highest BCUT2D eigenvalue weighted by Crippen LogP contribution is 2.29. The fourth-order valence-electron chi connectivity index (χ4n) is 3.03. The van der Waals surface area contributed by atoms with E-state index in [1.165, 1.54) is 36.5 Å². The molecule has 1 heterocycles. The number of benzene rings is 3. The van der Waals surface area contributed by atoms with Gasteiger partial charge in [0.1, 0.15) is 11.6 Å². The van der Waals surface area contributed by atoms with Gasteiger partial charge in [0.05, 0.1) is 16.8 Å². The van der Waals surface area contributed by atoms with Gasteiger partial charge in [-0.2, -0.15) is 20.1 Å². The zero-order chi connectivity index (χ0) is 26.4. The van der Waals surface area contributed by atoms with Crippen LogP contribution in [0.4, 0.5) is 29.5 Å². The molecule has 0 bridgehead atoms. The summed E-state index contributed by atoms with van der Waals surface area (Å²) in [5.41, 5.74) is 3.95. The average molecular weight is 551 g/mol. The molecule has 3 aromatic carbocycles. The maximum absolute atomic E-state index is 14.5. The number of nitrogens with one attached hydrogen (secondary N) is 2. The van der Waals surface area contributed by atoms with Crippen molar-refractivity contribution in [2.45, 2.75) is 12.9 Å². The highest BCUT2D eigenvalue weighted by Gasteiger charge is 2.30. The van der Waals surface area contributed by atoms with Gasteiger partial charge in [0.25, 0.3) is 0 Å². The molecule has 0 atom stereocenters. The molecule has 7 nitrogen and oxygen atoms in total. The number of aromatic nitrogens is 3. The smallest absolute Gasteiger partial charge is 0.406 e. The van der Waals surface area contributed by atoms with Crippen molar-refractivity contribution in [3.8, 4) is 17.1 Å². The molecule has 0 saturated carbocycles. The topological polar surface area (TPSA) is 84.3 Å². The number of hydrazone groups is 1. The van der Waals surface area contributed by atoms with E-state index in [0.717, 1.165) is 17.7 Å². The van der Waals surface area contributed by atoms with Gasteiger partial charge in [-0.3, -0.25) is 0 Å². The molecule has 4 rings (SSSR count). The Labute approximate surface area is 218 Å². The number of rotatable bonds is 8. The Balaban J connectivity index is 1.56. The Morgan fingerprint density at radius 1 is 0.892 bits per heavy atom.